The SMILES string of the molecule is COc1ccc2cc(C(=O)C[C@@H]3C4CCN(CC4)C34CC4)sc2c1F. The minimum absolute atomic E-state index is 0.185. The first kappa shape index (κ1) is 15.8. The maximum absolute atomic E-state index is 14.4. The van der Waals surface area contributed by atoms with Crippen LogP contribution in [0.1, 0.15) is 41.8 Å². The van der Waals surface area contributed by atoms with Crippen LogP contribution in [0.15, 0.2) is 18.2 Å². The van der Waals surface area contributed by atoms with Gasteiger partial charge in [-0.15, -0.1) is 11.3 Å². The first-order valence-electron chi connectivity index (χ1n) is 9.17. The second-order valence-electron chi connectivity index (χ2n) is 7.77. The summed E-state index contributed by atoms with van der Waals surface area (Å²) in [7, 11) is 1.46. The molecule has 6 rings (SSSR count). The Balaban J connectivity index is 1.43. The predicted octanol–water partition coefficient (Wildman–Crippen LogP) is 4.50. The molecule has 1 saturated carbocycles. The summed E-state index contributed by atoms with van der Waals surface area (Å²) in [6.07, 6.45) is 5.59. The van der Waals surface area contributed by atoms with Gasteiger partial charge in [-0.3, -0.25) is 9.69 Å². The number of Topliss-reactive ketones (excluding diaryl/α,β-unsaturated/α-hetero) is 1. The Labute approximate surface area is 150 Å². The number of nitrogens with zero attached hydrogens (tertiary/aromatic N) is 1. The van der Waals surface area contributed by atoms with Crippen molar-refractivity contribution in [2.45, 2.75) is 37.6 Å². The largest absolute Gasteiger partial charge is 0.494 e. The van der Waals surface area contributed by atoms with E-state index in [-0.39, 0.29) is 17.3 Å². The Morgan fingerprint density at radius 1 is 1.36 bits per heavy atom. The van der Waals surface area contributed by atoms with E-state index < -0.39 is 0 Å². The third-order valence-electron chi connectivity index (χ3n) is 6.68. The molecular formula is C20H22FNO2S. The molecule has 0 radical (unpaired) electrons. The fraction of sp³-hybridized carbons (Fsp3) is 0.550. The lowest BCUT2D eigenvalue weighted by molar-refractivity contribution is -0.0273. The van der Waals surface area contributed by atoms with E-state index in [0.29, 0.717) is 33.4 Å². The molecule has 0 amide bonds. The van der Waals surface area contributed by atoms with Crippen molar-refractivity contribution in [2.24, 2.45) is 11.8 Å². The van der Waals surface area contributed by atoms with Gasteiger partial charge in [0.25, 0.3) is 0 Å². The van der Waals surface area contributed by atoms with Crippen LogP contribution in [0, 0.1) is 17.7 Å². The normalized spacial score (nSPS) is 29.3. The zero-order valence-electron chi connectivity index (χ0n) is 14.4. The van der Waals surface area contributed by atoms with Crippen LogP contribution < -0.4 is 4.74 Å². The number of methoxy groups -OCH3 is 1. The molecule has 4 heterocycles. The second-order valence-corrected chi connectivity index (χ2v) is 8.82. The minimum atomic E-state index is -0.356. The van der Waals surface area contributed by atoms with Crippen molar-refractivity contribution in [3.63, 3.8) is 0 Å². The van der Waals surface area contributed by atoms with Gasteiger partial charge in [-0.2, -0.15) is 0 Å². The summed E-state index contributed by atoms with van der Waals surface area (Å²) in [5, 5.41) is 0.793. The van der Waals surface area contributed by atoms with Gasteiger partial charge in [0.05, 0.1) is 16.7 Å². The minimum Gasteiger partial charge on any atom is -0.494 e. The number of rotatable bonds is 4. The molecular weight excluding hydrogens is 337 g/mol. The monoisotopic (exact) mass is 359 g/mol. The number of piperidine rings is 3. The standard InChI is InChI=1S/C20H22FNO2S/c1-24-16-3-2-13-10-17(25-19(13)18(16)21)15(23)11-14-12-4-8-22(9-5-12)20(14)6-7-20/h2-3,10,12,14H,4-9,11H2,1H3/t14-/m1/s1. The first-order valence-corrected chi connectivity index (χ1v) is 9.98. The van der Waals surface area contributed by atoms with Crippen molar-refractivity contribution in [1.82, 2.24) is 4.90 Å². The molecule has 3 aliphatic heterocycles. The number of hydrogen-bond acceptors (Lipinski definition) is 4. The van der Waals surface area contributed by atoms with Crippen molar-refractivity contribution in [2.75, 3.05) is 20.2 Å². The molecule has 1 aromatic heterocycles. The van der Waals surface area contributed by atoms with Crippen LogP contribution in [0.25, 0.3) is 10.1 Å². The van der Waals surface area contributed by atoms with Crippen molar-refractivity contribution in [1.29, 1.82) is 0 Å². The quantitative estimate of drug-likeness (QED) is 0.753. The van der Waals surface area contributed by atoms with E-state index >= 15 is 0 Å². The number of ether oxygens (including phenoxy) is 1. The van der Waals surface area contributed by atoms with Crippen molar-refractivity contribution >= 4 is 27.2 Å². The molecule has 5 heteroatoms. The van der Waals surface area contributed by atoms with Crippen LogP contribution in [-0.2, 0) is 0 Å². The van der Waals surface area contributed by atoms with E-state index in [1.165, 1.54) is 57.2 Å². The molecule has 132 valence electrons. The molecule has 25 heavy (non-hydrogen) atoms. The molecule has 1 spiro atoms. The number of benzene rings is 1. The number of fused-ring (bicyclic) bond motifs is 3. The van der Waals surface area contributed by atoms with E-state index in [0.717, 1.165) is 5.39 Å². The number of hydrogen-bond donors (Lipinski definition) is 0. The second kappa shape index (κ2) is 5.52. The molecule has 1 aliphatic carbocycles. The average Bonchev–Trinajstić information content (AvgIpc) is 3.28. The fourth-order valence-electron chi connectivity index (χ4n) is 5.24. The summed E-state index contributed by atoms with van der Waals surface area (Å²) >= 11 is 1.27. The van der Waals surface area contributed by atoms with E-state index in [9.17, 15) is 9.18 Å². The molecule has 4 fully saturated rings. The van der Waals surface area contributed by atoms with Crippen molar-refractivity contribution < 1.29 is 13.9 Å². The Hall–Kier alpha value is -1.46. The Morgan fingerprint density at radius 3 is 2.80 bits per heavy atom. The molecule has 2 aromatic rings. The summed E-state index contributed by atoms with van der Waals surface area (Å²) in [5.74, 6) is 1.26. The number of carbonyl (C=O) groups excluding carboxylic acids is 1. The Bertz CT molecular complexity index is 849. The van der Waals surface area contributed by atoms with Gasteiger partial charge in [-0.1, -0.05) is 0 Å². The third kappa shape index (κ3) is 2.28. The molecule has 2 bridgehead atoms. The molecule has 1 atom stereocenters. The van der Waals surface area contributed by atoms with E-state index in [1.54, 1.807) is 6.07 Å². The summed E-state index contributed by atoms with van der Waals surface area (Å²) in [6, 6.07) is 5.32. The number of halogens is 1. The smallest absolute Gasteiger partial charge is 0.182 e. The highest BCUT2D eigenvalue weighted by molar-refractivity contribution is 7.20. The zero-order valence-corrected chi connectivity index (χ0v) is 15.2. The fourth-order valence-corrected chi connectivity index (χ4v) is 6.28. The van der Waals surface area contributed by atoms with Crippen LogP contribution in [0.2, 0.25) is 0 Å². The van der Waals surface area contributed by atoms with E-state index in [1.807, 2.05) is 12.1 Å². The van der Waals surface area contributed by atoms with Gasteiger partial charge in [-0.25, -0.2) is 4.39 Å². The molecule has 0 unspecified atom stereocenters. The van der Waals surface area contributed by atoms with Crippen LogP contribution >= 0.6 is 11.3 Å². The highest BCUT2D eigenvalue weighted by Crippen LogP contribution is 2.58. The Morgan fingerprint density at radius 2 is 2.12 bits per heavy atom. The Kier molecular flexibility index (Phi) is 3.48. The predicted molar refractivity (Wildman–Crippen MR) is 97.0 cm³/mol. The van der Waals surface area contributed by atoms with Gasteiger partial charge in [-0.05, 0) is 74.2 Å². The van der Waals surface area contributed by atoms with E-state index in [4.69, 9.17) is 4.74 Å². The van der Waals surface area contributed by atoms with Crippen LogP contribution in [0.5, 0.6) is 5.75 Å². The topological polar surface area (TPSA) is 29.5 Å². The van der Waals surface area contributed by atoms with Crippen LogP contribution in [-0.4, -0.2) is 36.4 Å². The molecule has 4 aliphatic rings. The average molecular weight is 359 g/mol. The molecule has 1 aromatic carbocycles. The number of ketones is 1. The van der Waals surface area contributed by atoms with Gasteiger partial charge < -0.3 is 4.74 Å². The van der Waals surface area contributed by atoms with Gasteiger partial charge in [0, 0.05) is 12.0 Å². The number of carbonyl (C=O) groups is 1. The first-order chi connectivity index (χ1) is 12.1. The summed E-state index contributed by atoms with van der Waals surface area (Å²) in [6.45, 7) is 2.42. The summed E-state index contributed by atoms with van der Waals surface area (Å²) in [4.78, 5) is 16.3. The van der Waals surface area contributed by atoms with Crippen LogP contribution in [0.3, 0.4) is 0 Å². The highest BCUT2D eigenvalue weighted by atomic mass is 32.1. The van der Waals surface area contributed by atoms with Gasteiger partial charge >= 0.3 is 0 Å². The maximum atomic E-state index is 14.4. The molecule has 3 saturated heterocycles. The lowest BCUT2D eigenvalue weighted by Crippen LogP contribution is -2.57. The third-order valence-corrected chi connectivity index (χ3v) is 7.87. The maximum Gasteiger partial charge on any atom is 0.182 e. The van der Waals surface area contributed by atoms with Gasteiger partial charge in [0.1, 0.15) is 0 Å². The highest BCUT2D eigenvalue weighted by Gasteiger charge is 2.60. The van der Waals surface area contributed by atoms with Crippen molar-refractivity contribution in [3.8, 4) is 5.75 Å². The zero-order chi connectivity index (χ0) is 17.2. The van der Waals surface area contributed by atoms with Crippen molar-refractivity contribution in [3.05, 3.63) is 28.9 Å². The lowest BCUT2D eigenvalue weighted by Gasteiger charge is -2.52. The lowest BCUT2D eigenvalue weighted by atomic mass is 9.70. The summed E-state index contributed by atoms with van der Waals surface area (Å²) < 4.78 is 20.0. The van der Waals surface area contributed by atoms with Crippen LogP contribution in [0.4, 0.5) is 4.39 Å². The summed E-state index contributed by atoms with van der Waals surface area (Å²) in [5.41, 5.74) is 0.321. The molecule has 0 N–H and O–H groups in total. The van der Waals surface area contributed by atoms with Gasteiger partial charge in [0.2, 0.25) is 0 Å². The van der Waals surface area contributed by atoms with E-state index in [2.05, 4.69) is 4.90 Å². The van der Waals surface area contributed by atoms with Gasteiger partial charge in [0.15, 0.2) is 17.3 Å². The molecule has 3 nitrogen and oxygen atoms in total. The number of thiophene rings is 1.